The zero-order chi connectivity index (χ0) is 13.5. The summed E-state index contributed by atoms with van der Waals surface area (Å²) in [4.78, 5) is 0. The Balaban J connectivity index is 1.76. The van der Waals surface area contributed by atoms with Gasteiger partial charge in [0.15, 0.2) is 5.58 Å². The molecule has 0 amide bonds. The average molecular weight is 281 g/mol. The molecule has 2 aromatic rings. The number of sulfonamides is 1. The summed E-state index contributed by atoms with van der Waals surface area (Å²) in [5, 5.41) is 4.56. The van der Waals surface area contributed by atoms with Crippen LogP contribution < -0.4 is 10.5 Å². The highest BCUT2D eigenvalue weighted by Gasteiger charge is 2.30. The van der Waals surface area contributed by atoms with Crippen molar-refractivity contribution in [1.82, 2.24) is 9.88 Å². The smallest absolute Gasteiger partial charge is 0.217 e. The molecule has 0 atom stereocenters. The highest BCUT2D eigenvalue weighted by Crippen LogP contribution is 2.22. The summed E-state index contributed by atoms with van der Waals surface area (Å²) in [5.41, 5.74) is 6.67. The third-order valence-electron chi connectivity index (χ3n) is 3.30. The highest BCUT2D eigenvalue weighted by atomic mass is 32.2. The van der Waals surface area contributed by atoms with Crippen molar-refractivity contribution in [3.8, 4) is 0 Å². The first-order valence-corrected chi connectivity index (χ1v) is 7.77. The largest absolute Gasteiger partial charge is 0.356 e. The number of para-hydroxylation sites is 1. The molecular weight excluding hydrogens is 266 g/mol. The highest BCUT2D eigenvalue weighted by molar-refractivity contribution is 7.88. The van der Waals surface area contributed by atoms with Gasteiger partial charge in [0.05, 0.1) is 0 Å². The van der Waals surface area contributed by atoms with Crippen LogP contribution in [0.2, 0.25) is 0 Å². The number of rotatable bonds is 4. The Bertz CT molecular complexity index is 689. The summed E-state index contributed by atoms with van der Waals surface area (Å²) in [6, 6.07) is 7.28. The van der Waals surface area contributed by atoms with E-state index in [1.807, 2.05) is 12.1 Å². The van der Waals surface area contributed by atoms with E-state index < -0.39 is 10.0 Å². The van der Waals surface area contributed by atoms with Crippen LogP contribution >= 0.6 is 0 Å². The molecule has 1 aliphatic carbocycles. The molecule has 102 valence electrons. The number of hydrogen-bond acceptors (Lipinski definition) is 5. The molecule has 0 saturated heterocycles. The first-order chi connectivity index (χ1) is 9.03. The van der Waals surface area contributed by atoms with E-state index in [2.05, 4.69) is 9.88 Å². The fourth-order valence-corrected chi connectivity index (χ4v) is 3.63. The summed E-state index contributed by atoms with van der Waals surface area (Å²) in [6.45, 7) is 0. The quantitative estimate of drug-likeness (QED) is 0.861. The molecular formula is C12H15N3O3S. The van der Waals surface area contributed by atoms with Crippen LogP contribution in [0.15, 0.2) is 28.8 Å². The number of benzene rings is 1. The van der Waals surface area contributed by atoms with Gasteiger partial charge < -0.3 is 10.3 Å². The minimum Gasteiger partial charge on any atom is -0.356 e. The zero-order valence-corrected chi connectivity index (χ0v) is 11.1. The van der Waals surface area contributed by atoms with Gasteiger partial charge in [-0.1, -0.05) is 17.3 Å². The number of nitrogens with zero attached hydrogens (tertiary/aromatic N) is 1. The fourth-order valence-electron chi connectivity index (χ4n) is 2.28. The maximum atomic E-state index is 12.0. The average Bonchev–Trinajstić information content (AvgIpc) is 2.70. The van der Waals surface area contributed by atoms with Gasteiger partial charge in [0.1, 0.15) is 11.4 Å². The molecule has 3 rings (SSSR count). The van der Waals surface area contributed by atoms with Gasteiger partial charge in [-0.3, -0.25) is 0 Å². The molecule has 1 aromatic carbocycles. The Morgan fingerprint density at radius 1 is 1.37 bits per heavy atom. The van der Waals surface area contributed by atoms with Gasteiger partial charge in [0.2, 0.25) is 10.0 Å². The third kappa shape index (κ3) is 2.63. The van der Waals surface area contributed by atoms with E-state index in [-0.39, 0.29) is 17.8 Å². The maximum Gasteiger partial charge on any atom is 0.217 e. The van der Waals surface area contributed by atoms with Gasteiger partial charge in [0.25, 0.3) is 0 Å². The van der Waals surface area contributed by atoms with Crippen molar-refractivity contribution in [1.29, 1.82) is 0 Å². The predicted molar refractivity (Wildman–Crippen MR) is 70.8 cm³/mol. The SMILES string of the molecule is NC1CC(NS(=O)(=O)Cc2noc3ccccc23)C1. The Hall–Kier alpha value is -1.44. The molecule has 1 aliphatic rings. The molecule has 0 radical (unpaired) electrons. The van der Waals surface area contributed by atoms with Crippen LogP contribution in [0.3, 0.4) is 0 Å². The lowest BCUT2D eigenvalue weighted by Crippen LogP contribution is -2.50. The topological polar surface area (TPSA) is 98.2 Å². The van der Waals surface area contributed by atoms with Gasteiger partial charge in [-0.25, -0.2) is 13.1 Å². The first kappa shape index (κ1) is 12.6. The molecule has 3 N–H and O–H groups in total. The number of fused-ring (bicyclic) bond motifs is 1. The van der Waals surface area contributed by atoms with Gasteiger partial charge >= 0.3 is 0 Å². The molecule has 1 heterocycles. The monoisotopic (exact) mass is 281 g/mol. The van der Waals surface area contributed by atoms with E-state index in [0.29, 0.717) is 24.1 Å². The van der Waals surface area contributed by atoms with Gasteiger partial charge in [0, 0.05) is 17.5 Å². The fraction of sp³-hybridized carbons (Fsp3) is 0.417. The van der Waals surface area contributed by atoms with Crippen LogP contribution in [-0.4, -0.2) is 25.7 Å². The van der Waals surface area contributed by atoms with Gasteiger partial charge in [-0.15, -0.1) is 0 Å². The van der Waals surface area contributed by atoms with Crippen LogP contribution in [-0.2, 0) is 15.8 Å². The van der Waals surface area contributed by atoms with Gasteiger partial charge in [-0.2, -0.15) is 0 Å². The molecule has 0 unspecified atom stereocenters. The zero-order valence-electron chi connectivity index (χ0n) is 10.2. The minimum absolute atomic E-state index is 0.0434. The Kier molecular flexibility index (Phi) is 3.04. The first-order valence-electron chi connectivity index (χ1n) is 6.12. The molecule has 1 fully saturated rings. The van der Waals surface area contributed by atoms with Crippen LogP contribution in [0.4, 0.5) is 0 Å². The van der Waals surface area contributed by atoms with Crippen molar-refractivity contribution in [2.24, 2.45) is 5.73 Å². The summed E-state index contributed by atoms with van der Waals surface area (Å²) >= 11 is 0. The second-order valence-corrected chi connectivity index (χ2v) is 6.68. The van der Waals surface area contributed by atoms with Crippen molar-refractivity contribution in [3.63, 3.8) is 0 Å². The number of hydrogen-bond donors (Lipinski definition) is 2. The van der Waals surface area contributed by atoms with E-state index in [0.717, 1.165) is 5.39 Å². The number of aromatic nitrogens is 1. The normalized spacial score (nSPS) is 23.4. The lowest BCUT2D eigenvalue weighted by atomic mass is 9.89. The Morgan fingerprint density at radius 2 is 2.11 bits per heavy atom. The third-order valence-corrected chi connectivity index (χ3v) is 4.65. The molecule has 19 heavy (non-hydrogen) atoms. The van der Waals surface area contributed by atoms with E-state index in [1.54, 1.807) is 12.1 Å². The second-order valence-electron chi connectivity index (χ2n) is 4.93. The van der Waals surface area contributed by atoms with Crippen molar-refractivity contribution in [3.05, 3.63) is 30.0 Å². The second kappa shape index (κ2) is 4.59. The van der Waals surface area contributed by atoms with E-state index in [4.69, 9.17) is 10.3 Å². The molecule has 0 aliphatic heterocycles. The summed E-state index contributed by atoms with van der Waals surface area (Å²) in [5.74, 6) is -0.171. The predicted octanol–water partition coefficient (Wildman–Crippen LogP) is 0.737. The summed E-state index contributed by atoms with van der Waals surface area (Å²) in [6.07, 6.45) is 1.39. The van der Waals surface area contributed by atoms with E-state index >= 15 is 0 Å². The summed E-state index contributed by atoms with van der Waals surface area (Å²) < 4.78 is 31.8. The number of nitrogens with one attached hydrogen (secondary N) is 1. The standard InChI is InChI=1S/C12H15N3O3S/c13-8-5-9(6-8)15-19(16,17)7-11-10-3-1-2-4-12(10)18-14-11/h1-4,8-9,15H,5-7,13H2. The lowest BCUT2D eigenvalue weighted by molar-refractivity contribution is 0.327. The van der Waals surface area contributed by atoms with Crippen molar-refractivity contribution >= 4 is 21.0 Å². The van der Waals surface area contributed by atoms with Crippen LogP contribution in [0.1, 0.15) is 18.5 Å². The van der Waals surface area contributed by atoms with Crippen molar-refractivity contribution in [2.75, 3.05) is 0 Å². The van der Waals surface area contributed by atoms with Crippen molar-refractivity contribution in [2.45, 2.75) is 30.7 Å². The molecule has 0 spiro atoms. The summed E-state index contributed by atoms with van der Waals surface area (Å²) in [7, 11) is -3.41. The molecule has 0 bridgehead atoms. The van der Waals surface area contributed by atoms with Crippen LogP contribution in [0.25, 0.3) is 11.0 Å². The molecule has 6 nitrogen and oxygen atoms in total. The lowest BCUT2D eigenvalue weighted by Gasteiger charge is -2.32. The van der Waals surface area contributed by atoms with Crippen LogP contribution in [0.5, 0.6) is 0 Å². The van der Waals surface area contributed by atoms with Crippen LogP contribution in [0, 0.1) is 0 Å². The molecule has 7 heteroatoms. The Morgan fingerprint density at radius 3 is 2.84 bits per heavy atom. The minimum atomic E-state index is -3.41. The Labute approximate surface area is 111 Å². The molecule has 1 saturated carbocycles. The molecule has 1 aromatic heterocycles. The van der Waals surface area contributed by atoms with E-state index in [1.165, 1.54) is 0 Å². The maximum absolute atomic E-state index is 12.0. The van der Waals surface area contributed by atoms with Gasteiger partial charge in [-0.05, 0) is 25.0 Å². The van der Waals surface area contributed by atoms with Crippen molar-refractivity contribution < 1.29 is 12.9 Å². The number of nitrogens with two attached hydrogens (primary N) is 1. The van der Waals surface area contributed by atoms with E-state index in [9.17, 15) is 8.42 Å².